The summed E-state index contributed by atoms with van der Waals surface area (Å²) in [6, 6.07) is 7.82. The number of hydrogen-bond acceptors (Lipinski definition) is 2. The zero-order valence-corrected chi connectivity index (χ0v) is 11.3. The quantitative estimate of drug-likeness (QED) is 0.868. The van der Waals surface area contributed by atoms with Gasteiger partial charge in [0.05, 0.1) is 12.5 Å². The van der Waals surface area contributed by atoms with Gasteiger partial charge in [-0.3, -0.25) is 4.79 Å². The Bertz CT molecular complexity index is 436. The molecular formula is C15H21NO2. The third-order valence-electron chi connectivity index (χ3n) is 3.48. The fourth-order valence-corrected chi connectivity index (χ4v) is 2.25. The van der Waals surface area contributed by atoms with Crippen LogP contribution in [-0.4, -0.2) is 19.6 Å². The molecule has 2 rings (SSSR count). The predicted molar refractivity (Wildman–Crippen MR) is 71.8 cm³/mol. The Hall–Kier alpha value is -1.51. The number of rotatable bonds is 5. The molecule has 18 heavy (non-hydrogen) atoms. The Morgan fingerprint density at radius 2 is 2.06 bits per heavy atom. The summed E-state index contributed by atoms with van der Waals surface area (Å²) in [4.78, 5) is 12.3. The van der Waals surface area contributed by atoms with Crippen molar-refractivity contribution in [3.8, 4) is 5.75 Å². The minimum absolute atomic E-state index is 0.140. The lowest BCUT2D eigenvalue weighted by Gasteiger charge is -2.19. The number of ether oxygens (including phenoxy) is 1. The molecule has 1 aromatic carbocycles. The lowest BCUT2D eigenvalue weighted by molar-refractivity contribution is -0.123. The van der Waals surface area contributed by atoms with E-state index in [9.17, 15) is 4.79 Å². The number of nitrogens with one attached hydrogen (secondary N) is 1. The maximum atomic E-state index is 12.3. The fraction of sp³-hybridized carbons (Fsp3) is 0.533. The van der Waals surface area contributed by atoms with Gasteiger partial charge in [-0.2, -0.15) is 0 Å². The third kappa shape index (κ3) is 2.35. The maximum absolute atomic E-state index is 12.3. The second-order valence-corrected chi connectivity index (χ2v) is 5.39. The number of benzene rings is 1. The van der Waals surface area contributed by atoms with Gasteiger partial charge in [-0.15, -0.1) is 0 Å². The van der Waals surface area contributed by atoms with Crippen LogP contribution in [0.4, 0.5) is 0 Å². The van der Waals surface area contributed by atoms with Crippen molar-refractivity contribution in [1.29, 1.82) is 0 Å². The number of hydrogen-bond donors (Lipinski definition) is 1. The summed E-state index contributed by atoms with van der Waals surface area (Å²) in [5.41, 5.74) is 0.676. The van der Waals surface area contributed by atoms with Crippen LogP contribution in [0.3, 0.4) is 0 Å². The largest absolute Gasteiger partial charge is 0.496 e. The molecule has 0 bridgehead atoms. The van der Waals surface area contributed by atoms with E-state index in [0.717, 1.165) is 30.7 Å². The molecule has 0 aromatic heterocycles. The van der Waals surface area contributed by atoms with E-state index < -0.39 is 0 Å². The molecule has 0 aliphatic heterocycles. The summed E-state index contributed by atoms with van der Waals surface area (Å²) in [6.45, 7) is 4.93. The van der Waals surface area contributed by atoms with Crippen molar-refractivity contribution in [2.45, 2.75) is 32.1 Å². The molecule has 3 nitrogen and oxygen atoms in total. The van der Waals surface area contributed by atoms with Crippen molar-refractivity contribution in [3.63, 3.8) is 0 Å². The summed E-state index contributed by atoms with van der Waals surface area (Å²) in [5.74, 6) is 1.43. The SMILES string of the molecule is COc1ccccc1C1(C(=O)NCC(C)C)CC1. The van der Waals surface area contributed by atoms with Gasteiger partial charge in [0, 0.05) is 12.1 Å². The van der Waals surface area contributed by atoms with Crippen LogP contribution in [0.25, 0.3) is 0 Å². The molecule has 1 saturated carbocycles. The van der Waals surface area contributed by atoms with Crippen molar-refractivity contribution in [2.75, 3.05) is 13.7 Å². The number of carbonyl (C=O) groups excluding carboxylic acids is 1. The normalized spacial score (nSPS) is 16.4. The van der Waals surface area contributed by atoms with Crippen LogP contribution >= 0.6 is 0 Å². The highest BCUT2D eigenvalue weighted by Gasteiger charge is 2.52. The lowest BCUT2D eigenvalue weighted by atomic mass is 9.94. The van der Waals surface area contributed by atoms with Crippen LogP contribution in [-0.2, 0) is 10.2 Å². The van der Waals surface area contributed by atoms with Gasteiger partial charge in [0.25, 0.3) is 0 Å². The number of carbonyl (C=O) groups is 1. The molecule has 1 aromatic rings. The van der Waals surface area contributed by atoms with Gasteiger partial charge in [-0.1, -0.05) is 32.0 Å². The first kappa shape index (κ1) is 12.9. The summed E-state index contributed by atoms with van der Waals surface area (Å²) in [7, 11) is 1.65. The standard InChI is InChI=1S/C15H21NO2/c1-11(2)10-16-14(17)15(8-9-15)12-6-4-5-7-13(12)18-3/h4-7,11H,8-10H2,1-3H3,(H,16,17). The minimum atomic E-state index is -0.346. The Kier molecular flexibility index (Phi) is 3.60. The van der Waals surface area contributed by atoms with Gasteiger partial charge >= 0.3 is 0 Å². The zero-order valence-electron chi connectivity index (χ0n) is 11.3. The predicted octanol–water partition coefficient (Wildman–Crippen LogP) is 2.50. The van der Waals surface area contributed by atoms with E-state index in [4.69, 9.17) is 4.74 Å². The first-order valence-electron chi connectivity index (χ1n) is 6.52. The van der Waals surface area contributed by atoms with E-state index in [2.05, 4.69) is 19.2 Å². The number of para-hydroxylation sites is 1. The summed E-state index contributed by atoms with van der Waals surface area (Å²) < 4.78 is 5.37. The first-order chi connectivity index (χ1) is 8.60. The highest BCUT2D eigenvalue weighted by molar-refractivity contribution is 5.92. The van der Waals surface area contributed by atoms with Crippen molar-refractivity contribution in [3.05, 3.63) is 29.8 Å². The minimum Gasteiger partial charge on any atom is -0.496 e. The van der Waals surface area contributed by atoms with Gasteiger partial charge < -0.3 is 10.1 Å². The van der Waals surface area contributed by atoms with Gasteiger partial charge in [0.15, 0.2) is 0 Å². The highest BCUT2D eigenvalue weighted by atomic mass is 16.5. The third-order valence-corrected chi connectivity index (χ3v) is 3.48. The lowest BCUT2D eigenvalue weighted by Crippen LogP contribution is -2.37. The van der Waals surface area contributed by atoms with Crippen molar-refractivity contribution in [2.24, 2.45) is 5.92 Å². The molecule has 1 amide bonds. The molecule has 0 spiro atoms. The molecule has 3 heteroatoms. The van der Waals surface area contributed by atoms with Gasteiger partial charge in [-0.25, -0.2) is 0 Å². The number of methoxy groups -OCH3 is 1. The molecule has 0 unspecified atom stereocenters. The average molecular weight is 247 g/mol. The van der Waals surface area contributed by atoms with E-state index in [0.29, 0.717) is 5.92 Å². The monoisotopic (exact) mass is 247 g/mol. The number of amides is 1. The van der Waals surface area contributed by atoms with E-state index in [1.54, 1.807) is 7.11 Å². The Morgan fingerprint density at radius 3 is 2.61 bits per heavy atom. The van der Waals surface area contributed by atoms with E-state index in [1.165, 1.54) is 0 Å². The molecule has 1 aliphatic carbocycles. The summed E-state index contributed by atoms with van der Waals surface area (Å²) in [5, 5.41) is 3.04. The van der Waals surface area contributed by atoms with E-state index >= 15 is 0 Å². The zero-order chi connectivity index (χ0) is 13.2. The van der Waals surface area contributed by atoms with Crippen molar-refractivity contribution < 1.29 is 9.53 Å². The van der Waals surface area contributed by atoms with Gasteiger partial charge in [0.2, 0.25) is 5.91 Å². The fourth-order valence-electron chi connectivity index (χ4n) is 2.25. The highest BCUT2D eigenvalue weighted by Crippen LogP contribution is 2.51. The van der Waals surface area contributed by atoms with Crippen LogP contribution in [0.5, 0.6) is 5.75 Å². The van der Waals surface area contributed by atoms with Crippen molar-refractivity contribution in [1.82, 2.24) is 5.32 Å². The van der Waals surface area contributed by atoms with Crippen LogP contribution in [0.2, 0.25) is 0 Å². The smallest absolute Gasteiger partial charge is 0.230 e. The van der Waals surface area contributed by atoms with E-state index in [-0.39, 0.29) is 11.3 Å². The molecule has 98 valence electrons. The molecule has 1 N–H and O–H groups in total. The maximum Gasteiger partial charge on any atom is 0.230 e. The average Bonchev–Trinajstić information content (AvgIpc) is 3.17. The van der Waals surface area contributed by atoms with Crippen molar-refractivity contribution >= 4 is 5.91 Å². The molecule has 0 saturated heterocycles. The van der Waals surface area contributed by atoms with Crippen LogP contribution < -0.4 is 10.1 Å². The summed E-state index contributed by atoms with van der Waals surface area (Å²) in [6.07, 6.45) is 1.83. The Labute approximate surface area is 109 Å². The molecule has 0 atom stereocenters. The second-order valence-electron chi connectivity index (χ2n) is 5.39. The van der Waals surface area contributed by atoms with Gasteiger partial charge in [-0.05, 0) is 24.8 Å². The molecule has 1 aliphatic rings. The molecular weight excluding hydrogens is 226 g/mol. The first-order valence-corrected chi connectivity index (χ1v) is 6.52. The molecule has 0 radical (unpaired) electrons. The van der Waals surface area contributed by atoms with E-state index in [1.807, 2.05) is 24.3 Å². The second kappa shape index (κ2) is 5.01. The van der Waals surface area contributed by atoms with Crippen LogP contribution in [0, 0.1) is 5.92 Å². The topological polar surface area (TPSA) is 38.3 Å². The van der Waals surface area contributed by atoms with Gasteiger partial charge in [0.1, 0.15) is 5.75 Å². The Balaban J connectivity index is 2.18. The van der Waals surface area contributed by atoms with Crippen LogP contribution in [0.1, 0.15) is 32.3 Å². The molecule has 0 heterocycles. The summed E-state index contributed by atoms with van der Waals surface area (Å²) >= 11 is 0. The molecule has 1 fully saturated rings. The Morgan fingerprint density at radius 1 is 1.39 bits per heavy atom. The van der Waals surface area contributed by atoms with Crippen LogP contribution in [0.15, 0.2) is 24.3 Å².